The van der Waals surface area contributed by atoms with Crippen LogP contribution < -0.4 is 11.0 Å². The summed E-state index contributed by atoms with van der Waals surface area (Å²) in [6.45, 7) is 1.63. The summed E-state index contributed by atoms with van der Waals surface area (Å²) in [7, 11) is 0. The zero-order valence-corrected chi connectivity index (χ0v) is 16.8. The number of hydrazone groups is 1. The lowest BCUT2D eigenvalue weighted by molar-refractivity contribution is -0.123. The molecule has 154 valence electrons. The van der Waals surface area contributed by atoms with Crippen molar-refractivity contribution in [3.8, 4) is 17.1 Å². The van der Waals surface area contributed by atoms with Crippen LogP contribution in [0.25, 0.3) is 22.3 Å². The van der Waals surface area contributed by atoms with Crippen LogP contribution in [0.5, 0.6) is 5.75 Å². The van der Waals surface area contributed by atoms with E-state index in [9.17, 15) is 14.7 Å². The molecular formula is C24H20N4O3. The fourth-order valence-corrected chi connectivity index (χ4v) is 3.24. The molecule has 0 spiro atoms. The average molecular weight is 412 g/mol. The number of benzene rings is 3. The van der Waals surface area contributed by atoms with Gasteiger partial charge in [-0.3, -0.25) is 14.2 Å². The third-order valence-electron chi connectivity index (χ3n) is 4.89. The minimum absolute atomic E-state index is 0.145. The number of aromatic hydroxyl groups is 1. The van der Waals surface area contributed by atoms with Gasteiger partial charge in [-0.25, -0.2) is 10.4 Å². The van der Waals surface area contributed by atoms with E-state index in [0.717, 1.165) is 5.56 Å². The van der Waals surface area contributed by atoms with Crippen LogP contribution in [0.3, 0.4) is 0 Å². The van der Waals surface area contributed by atoms with Crippen LogP contribution in [0, 0.1) is 0 Å². The highest BCUT2D eigenvalue weighted by molar-refractivity contribution is 5.85. The molecule has 0 fully saturated rings. The number of hydrogen-bond donors (Lipinski definition) is 2. The summed E-state index contributed by atoms with van der Waals surface area (Å²) < 4.78 is 1.39. The average Bonchev–Trinajstić information content (AvgIpc) is 2.80. The number of carbonyl (C=O) groups excluding carboxylic acids is 1. The number of rotatable bonds is 5. The molecule has 0 aliphatic rings. The lowest BCUT2D eigenvalue weighted by Gasteiger charge is -2.18. The highest BCUT2D eigenvalue weighted by Gasteiger charge is 2.22. The Hall–Kier alpha value is -4.26. The normalized spacial score (nSPS) is 12.2. The van der Waals surface area contributed by atoms with E-state index in [0.29, 0.717) is 22.3 Å². The van der Waals surface area contributed by atoms with Gasteiger partial charge in [0.25, 0.3) is 11.5 Å². The Bertz CT molecular complexity index is 1310. The molecule has 0 bridgehead atoms. The Morgan fingerprint density at radius 2 is 1.71 bits per heavy atom. The molecule has 2 N–H and O–H groups in total. The maximum absolute atomic E-state index is 13.3. The number of nitrogens with zero attached hydrogens (tertiary/aromatic N) is 3. The van der Waals surface area contributed by atoms with Crippen molar-refractivity contribution in [3.05, 3.63) is 94.8 Å². The molecule has 0 aliphatic carbocycles. The van der Waals surface area contributed by atoms with E-state index >= 15 is 0 Å². The van der Waals surface area contributed by atoms with Crippen molar-refractivity contribution in [3.63, 3.8) is 0 Å². The highest BCUT2D eigenvalue weighted by Crippen LogP contribution is 2.22. The van der Waals surface area contributed by atoms with Gasteiger partial charge in [0.1, 0.15) is 17.6 Å². The largest absolute Gasteiger partial charge is 0.508 e. The van der Waals surface area contributed by atoms with Gasteiger partial charge >= 0.3 is 0 Å². The maximum atomic E-state index is 13.3. The van der Waals surface area contributed by atoms with Crippen LogP contribution in [0.1, 0.15) is 18.5 Å². The summed E-state index contributed by atoms with van der Waals surface area (Å²) in [6.07, 6.45) is 1.46. The second-order valence-corrected chi connectivity index (χ2v) is 7.00. The minimum Gasteiger partial charge on any atom is -0.508 e. The number of amides is 1. The van der Waals surface area contributed by atoms with Crippen molar-refractivity contribution in [1.82, 2.24) is 15.0 Å². The smallest absolute Gasteiger partial charge is 0.263 e. The Kier molecular flexibility index (Phi) is 5.57. The molecule has 3 aromatic carbocycles. The third-order valence-corrected chi connectivity index (χ3v) is 4.89. The number of phenolic OH excluding ortho intramolecular Hbond substituents is 1. The molecule has 0 saturated carbocycles. The molecule has 0 saturated heterocycles. The van der Waals surface area contributed by atoms with E-state index in [1.54, 1.807) is 37.3 Å². The maximum Gasteiger partial charge on any atom is 0.263 e. The molecule has 1 unspecified atom stereocenters. The van der Waals surface area contributed by atoms with E-state index in [-0.39, 0.29) is 11.3 Å². The second kappa shape index (κ2) is 8.62. The summed E-state index contributed by atoms with van der Waals surface area (Å²) in [6, 6.07) is 21.9. The Morgan fingerprint density at radius 3 is 2.45 bits per heavy atom. The first-order valence-corrected chi connectivity index (χ1v) is 9.73. The Morgan fingerprint density at radius 1 is 1.03 bits per heavy atom. The first-order valence-electron chi connectivity index (χ1n) is 9.73. The summed E-state index contributed by atoms with van der Waals surface area (Å²) in [4.78, 5) is 30.8. The molecule has 31 heavy (non-hydrogen) atoms. The summed E-state index contributed by atoms with van der Waals surface area (Å²) in [5.41, 5.74) is 4.19. The minimum atomic E-state index is -0.850. The number of carbonyl (C=O) groups is 1. The molecule has 7 nitrogen and oxygen atoms in total. The van der Waals surface area contributed by atoms with Crippen LogP contribution in [0.4, 0.5) is 0 Å². The number of para-hydroxylation sites is 1. The SMILES string of the molecule is CC(C(=O)NN=Cc1ccc(O)cc1)n1c(-c2ccccc2)nc2ccccc2c1=O. The van der Waals surface area contributed by atoms with Crippen LogP contribution >= 0.6 is 0 Å². The van der Waals surface area contributed by atoms with Gasteiger partial charge in [0.15, 0.2) is 0 Å². The van der Waals surface area contributed by atoms with E-state index < -0.39 is 11.9 Å². The van der Waals surface area contributed by atoms with Gasteiger partial charge in [0, 0.05) is 5.56 Å². The van der Waals surface area contributed by atoms with Crippen LogP contribution in [0.15, 0.2) is 88.8 Å². The van der Waals surface area contributed by atoms with Gasteiger partial charge in [0.2, 0.25) is 0 Å². The number of nitrogens with one attached hydrogen (secondary N) is 1. The third kappa shape index (κ3) is 4.20. The quantitative estimate of drug-likeness (QED) is 0.387. The molecule has 1 aromatic heterocycles. The van der Waals surface area contributed by atoms with Gasteiger partial charge in [-0.2, -0.15) is 5.10 Å². The zero-order valence-electron chi connectivity index (χ0n) is 16.8. The molecule has 0 aliphatic heterocycles. The van der Waals surface area contributed by atoms with Gasteiger partial charge in [-0.1, -0.05) is 42.5 Å². The molecule has 1 heterocycles. The second-order valence-electron chi connectivity index (χ2n) is 7.00. The summed E-state index contributed by atoms with van der Waals surface area (Å²) in [5.74, 6) is 0.104. The monoisotopic (exact) mass is 412 g/mol. The molecule has 1 atom stereocenters. The van der Waals surface area contributed by atoms with Crippen LogP contribution in [-0.2, 0) is 4.79 Å². The predicted molar refractivity (Wildman–Crippen MR) is 120 cm³/mol. The fourth-order valence-electron chi connectivity index (χ4n) is 3.24. The van der Waals surface area contributed by atoms with Crippen molar-refractivity contribution < 1.29 is 9.90 Å². The van der Waals surface area contributed by atoms with Crippen molar-refractivity contribution in [2.75, 3.05) is 0 Å². The number of fused-ring (bicyclic) bond motifs is 1. The van der Waals surface area contributed by atoms with Crippen molar-refractivity contribution >= 4 is 23.0 Å². The molecule has 1 amide bonds. The molecule has 0 radical (unpaired) electrons. The predicted octanol–water partition coefficient (Wildman–Crippen LogP) is 3.48. The topological polar surface area (TPSA) is 96.6 Å². The van der Waals surface area contributed by atoms with E-state index in [4.69, 9.17) is 0 Å². The standard InChI is InChI=1S/C24H20N4O3/c1-16(23(30)27-25-15-17-11-13-19(29)14-12-17)28-22(18-7-3-2-4-8-18)26-21-10-6-5-9-20(21)24(28)31/h2-16,29H,1H3,(H,27,30). The fraction of sp³-hybridized carbons (Fsp3) is 0.0833. The number of aromatic nitrogens is 2. The van der Waals surface area contributed by atoms with Crippen LogP contribution in [0.2, 0.25) is 0 Å². The van der Waals surface area contributed by atoms with Gasteiger partial charge in [-0.05, 0) is 48.9 Å². The molecule has 4 aromatic rings. The van der Waals surface area contributed by atoms with Gasteiger partial charge < -0.3 is 5.11 Å². The lowest BCUT2D eigenvalue weighted by atomic mass is 10.1. The molecular weight excluding hydrogens is 392 g/mol. The van der Waals surface area contributed by atoms with Crippen LogP contribution in [-0.4, -0.2) is 26.8 Å². The summed E-state index contributed by atoms with van der Waals surface area (Å²) in [5, 5.41) is 13.7. The lowest BCUT2D eigenvalue weighted by Crippen LogP contribution is -2.35. The Labute approximate surface area is 178 Å². The first kappa shape index (κ1) is 20.0. The Balaban J connectivity index is 1.70. The highest BCUT2D eigenvalue weighted by atomic mass is 16.3. The van der Waals surface area contributed by atoms with Gasteiger partial charge in [0.05, 0.1) is 17.1 Å². The van der Waals surface area contributed by atoms with Crippen molar-refractivity contribution in [1.29, 1.82) is 0 Å². The first-order chi connectivity index (χ1) is 15.0. The molecule has 7 heteroatoms. The molecule has 4 rings (SSSR count). The van der Waals surface area contributed by atoms with Crippen molar-refractivity contribution in [2.45, 2.75) is 13.0 Å². The van der Waals surface area contributed by atoms with Gasteiger partial charge in [-0.15, -0.1) is 0 Å². The van der Waals surface area contributed by atoms with Crippen molar-refractivity contribution in [2.24, 2.45) is 5.10 Å². The van der Waals surface area contributed by atoms with E-state index in [1.807, 2.05) is 36.4 Å². The number of hydrogen-bond acceptors (Lipinski definition) is 5. The summed E-state index contributed by atoms with van der Waals surface area (Å²) >= 11 is 0. The zero-order chi connectivity index (χ0) is 21.8. The van der Waals surface area contributed by atoms with E-state index in [2.05, 4.69) is 15.5 Å². The van der Waals surface area contributed by atoms with E-state index in [1.165, 1.54) is 22.9 Å². The number of phenols is 1.